The molecule has 0 aliphatic carbocycles. The van der Waals surface area contributed by atoms with Crippen molar-refractivity contribution in [2.45, 2.75) is 120 Å². The molecule has 0 saturated carbocycles. The van der Waals surface area contributed by atoms with E-state index in [1.54, 1.807) is 35.9 Å². The first-order valence-electron chi connectivity index (χ1n) is 22.4. The van der Waals surface area contributed by atoms with Gasteiger partial charge < -0.3 is 40.0 Å². The largest absolute Gasteiger partial charge is 0.467 e. The molecular weight excluding hydrogens is 965 g/mol. The molecule has 3 unspecified atom stereocenters. The van der Waals surface area contributed by atoms with Gasteiger partial charge in [0.2, 0.25) is 23.6 Å². The lowest BCUT2D eigenvalue weighted by atomic mass is 9.90. The van der Waals surface area contributed by atoms with E-state index in [0.29, 0.717) is 31.4 Å². The topological polar surface area (TPSA) is 219 Å². The SMILES string of the molecule is CC[C@H](C)C([C@@H](CC(=O)N1CCC[C@H]1[C@H](OC)[C@@H](C)C(=O)N[C@@H](Cc1ccccc1)C(=O)NC(Cc1ccc([N+](=O)[O-])cc1)C(=O)OC)OC)N(C)C(=O)C(I)NC(=O)[C@H](C(C)C)N(C)C. The van der Waals surface area contributed by atoms with Gasteiger partial charge in [-0.2, -0.15) is 0 Å². The number of benzene rings is 2. The molecule has 2 aromatic carbocycles. The van der Waals surface area contributed by atoms with Crippen LogP contribution in [0, 0.1) is 27.9 Å². The van der Waals surface area contributed by atoms with E-state index in [1.165, 1.54) is 45.6 Å². The van der Waals surface area contributed by atoms with Crippen molar-refractivity contribution in [1.29, 1.82) is 0 Å². The summed E-state index contributed by atoms with van der Waals surface area (Å²) < 4.78 is 16.1. The molecule has 1 fully saturated rings. The van der Waals surface area contributed by atoms with Crippen LogP contribution in [0.4, 0.5) is 5.69 Å². The minimum atomic E-state index is -1.18. The van der Waals surface area contributed by atoms with E-state index in [-0.39, 0.29) is 54.5 Å². The van der Waals surface area contributed by atoms with Gasteiger partial charge >= 0.3 is 5.97 Å². The molecule has 0 bridgehead atoms. The summed E-state index contributed by atoms with van der Waals surface area (Å²) in [7, 11) is 9.47. The number of likely N-dealkylation sites (tertiary alicyclic amines) is 1. The van der Waals surface area contributed by atoms with Gasteiger partial charge in [-0.1, -0.05) is 83.5 Å². The van der Waals surface area contributed by atoms with Gasteiger partial charge in [-0.3, -0.25) is 39.0 Å². The molecule has 0 spiro atoms. The molecule has 10 atom stereocenters. The number of ether oxygens (including phenoxy) is 3. The van der Waals surface area contributed by atoms with Gasteiger partial charge in [0.1, 0.15) is 12.1 Å². The maximum absolute atomic E-state index is 14.4. The predicted molar refractivity (Wildman–Crippen MR) is 257 cm³/mol. The number of rotatable bonds is 25. The number of carbonyl (C=O) groups excluding carboxylic acids is 6. The second kappa shape index (κ2) is 26.6. The fourth-order valence-electron chi connectivity index (χ4n) is 8.85. The minimum Gasteiger partial charge on any atom is -0.467 e. The molecule has 0 aromatic heterocycles. The summed E-state index contributed by atoms with van der Waals surface area (Å²) in [5, 5.41) is 19.7. The molecule has 19 heteroatoms. The van der Waals surface area contributed by atoms with Gasteiger partial charge in [0.05, 0.1) is 54.7 Å². The van der Waals surface area contributed by atoms with Gasteiger partial charge in [0, 0.05) is 52.8 Å². The number of likely N-dealkylation sites (N-methyl/N-ethyl adjacent to an activating group) is 2. The lowest BCUT2D eigenvalue weighted by Gasteiger charge is -2.40. The zero-order chi connectivity index (χ0) is 49.4. The lowest BCUT2D eigenvalue weighted by molar-refractivity contribution is -0.384. The minimum absolute atomic E-state index is 0.0115. The zero-order valence-electron chi connectivity index (χ0n) is 40.2. The summed E-state index contributed by atoms with van der Waals surface area (Å²) in [4.78, 5) is 98.5. The monoisotopic (exact) mass is 1040 g/mol. The first-order valence-corrected chi connectivity index (χ1v) is 23.6. The molecule has 1 aliphatic rings. The number of carbonyl (C=O) groups is 6. The van der Waals surface area contributed by atoms with Crippen LogP contribution in [-0.4, -0.2) is 151 Å². The normalized spacial score (nSPS) is 17.9. The molecule has 1 saturated heterocycles. The predicted octanol–water partition coefficient (Wildman–Crippen LogP) is 3.91. The Morgan fingerprint density at radius 3 is 1.95 bits per heavy atom. The van der Waals surface area contributed by atoms with Crippen LogP contribution in [0.2, 0.25) is 0 Å². The van der Waals surface area contributed by atoms with Crippen LogP contribution >= 0.6 is 22.6 Å². The van der Waals surface area contributed by atoms with Crippen molar-refractivity contribution in [3.63, 3.8) is 0 Å². The highest BCUT2D eigenvalue weighted by Gasteiger charge is 2.43. The molecular formula is C47H70IN7O11. The van der Waals surface area contributed by atoms with Crippen LogP contribution in [0.1, 0.15) is 71.4 Å². The van der Waals surface area contributed by atoms with Crippen LogP contribution in [0.15, 0.2) is 54.6 Å². The number of amides is 5. The van der Waals surface area contributed by atoms with Crippen LogP contribution in [0.3, 0.4) is 0 Å². The Kier molecular flexibility index (Phi) is 22.4. The Balaban J connectivity index is 1.82. The van der Waals surface area contributed by atoms with Crippen molar-refractivity contribution in [2.75, 3.05) is 49.0 Å². The van der Waals surface area contributed by atoms with Gasteiger partial charge in [-0.15, -0.1) is 0 Å². The third-order valence-electron chi connectivity index (χ3n) is 12.5. The number of methoxy groups -OCH3 is 3. The van der Waals surface area contributed by atoms with Gasteiger partial charge in [-0.25, -0.2) is 4.79 Å². The van der Waals surface area contributed by atoms with E-state index in [9.17, 15) is 38.9 Å². The fraction of sp³-hybridized carbons (Fsp3) is 0.617. The highest BCUT2D eigenvalue weighted by molar-refractivity contribution is 14.1. The molecule has 18 nitrogen and oxygen atoms in total. The van der Waals surface area contributed by atoms with Crippen LogP contribution < -0.4 is 16.0 Å². The number of hydrogen-bond donors (Lipinski definition) is 3. The third-order valence-corrected chi connectivity index (χ3v) is 13.3. The summed E-state index contributed by atoms with van der Waals surface area (Å²) in [6.07, 6.45) is 0.376. The summed E-state index contributed by atoms with van der Waals surface area (Å²) in [6.45, 7) is 9.96. The molecule has 1 heterocycles. The van der Waals surface area contributed by atoms with E-state index >= 15 is 0 Å². The summed E-state index contributed by atoms with van der Waals surface area (Å²) in [5.74, 6) is -3.66. The maximum Gasteiger partial charge on any atom is 0.328 e. The van der Waals surface area contributed by atoms with Crippen molar-refractivity contribution in [3.8, 4) is 0 Å². The molecule has 3 rings (SSSR count). The van der Waals surface area contributed by atoms with Crippen LogP contribution in [0.25, 0.3) is 0 Å². The molecule has 1 aliphatic heterocycles. The number of alkyl halides is 1. The Bertz CT molecular complexity index is 1930. The Labute approximate surface area is 402 Å². The second-order valence-corrected chi connectivity index (χ2v) is 18.8. The Morgan fingerprint density at radius 2 is 1.42 bits per heavy atom. The number of hydrogen-bond acceptors (Lipinski definition) is 12. The Morgan fingerprint density at radius 1 is 0.833 bits per heavy atom. The number of nitro groups is 1. The number of esters is 1. The average molecular weight is 1040 g/mol. The van der Waals surface area contributed by atoms with Crippen molar-refractivity contribution < 1.29 is 47.9 Å². The number of nitro benzene ring substituents is 1. The van der Waals surface area contributed by atoms with E-state index in [4.69, 9.17) is 14.2 Å². The van der Waals surface area contributed by atoms with Gasteiger partial charge in [0.25, 0.3) is 11.6 Å². The smallest absolute Gasteiger partial charge is 0.328 e. The first-order chi connectivity index (χ1) is 31.2. The average Bonchev–Trinajstić information content (AvgIpc) is 3.77. The van der Waals surface area contributed by atoms with Crippen molar-refractivity contribution in [1.82, 2.24) is 30.7 Å². The number of nitrogens with one attached hydrogen (secondary N) is 3. The molecule has 3 N–H and O–H groups in total. The van der Waals surface area contributed by atoms with Crippen LogP contribution in [0.5, 0.6) is 0 Å². The van der Waals surface area contributed by atoms with Crippen molar-refractivity contribution in [2.24, 2.45) is 17.8 Å². The quantitative estimate of drug-likeness (QED) is 0.0322. The zero-order valence-corrected chi connectivity index (χ0v) is 42.3. The lowest BCUT2D eigenvalue weighted by Crippen LogP contribution is -2.57. The van der Waals surface area contributed by atoms with E-state index in [1.807, 2.05) is 87.5 Å². The number of nitrogens with zero attached hydrogens (tertiary/aromatic N) is 4. The van der Waals surface area contributed by atoms with Gasteiger partial charge in [0.15, 0.2) is 4.05 Å². The summed E-state index contributed by atoms with van der Waals surface area (Å²) in [6, 6.07) is 10.8. The number of halogens is 1. The van der Waals surface area contributed by atoms with Crippen molar-refractivity contribution >= 4 is 63.8 Å². The van der Waals surface area contributed by atoms with Crippen molar-refractivity contribution in [3.05, 3.63) is 75.8 Å². The van der Waals surface area contributed by atoms with Gasteiger partial charge in [-0.05, 0) is 72.5 Å². The Hall–Kier alpha value is -4.73. The fourth-order valence-corrected chi connectivity index (χ4v) is 9.60. The highest BCUT2D eigenvalue weighted by Crippen LogP contribution is 2.30. The van der Waals surface area contributed by atoms with E-state index in [0.717, 1.165) is 5.56 Å². The molecule has 366 valence electrons. The molecule has 5 amide bonds. The standard InChI is InChI=1S/C47H70IN7O11/c1-12-29(4)40(53(8)46(60)42(48)51-45(59)39(28(2)3)52(6)7)37(64-9)27-38(56)54-24-16-19-36(54)41(65-10)30(5)43(57)49-34(25-31-17-14-13-15-18-31)44(58)50-35(47(61)66-11)26-32-20-22-33(23-21-32)55(62)63/h13-15,17-18,20-23,28-30,34-37,39-42H,12,16,19,24-27H2,1-11H3,(H,49,57)(H,50,58)(H,51,59)/t29-,30+,34-,35?,36-,37+,39-,40?,41+,42?/m0/s1. The summed E-state index contributed by atoms with van der Waals surface area (Å²) >= 11 is 1.93. The molecule has 0 radical (unpaired) electrons. The third kappa shape index (κ3) is 15.1. The van der Waals surface area contributed by atoms with Crippen LogP contribution in [-0.2, 0) is 55.8 Å². The molecule has 66 heavy (non-hydrogen) atoms. The van der Waals surface area contributed by atoms with E-state index in [2.05, 4.69) is 16.0 Å². The second-order valence-electron chi connectivity index (χ2n) is 17.6. The summed E-state index contributed by atoms with van der Waals surface area (Å²) in [5.41, 5.74) is 1.15. The maximum atomic E-state index is 14.4. The number of non-ortho nitro benzene ring substituents is 1. The molecule has 2 aromatic rings. The van der Waals surface area contributed by atoms with E-state index < -0.39 is 75.1 Å². The first kappa shape index (κ1) is 55.6. The highest BCUT2D eigenvalue weighted by atomic mass is 127.